The highest BCUT2D eigenvalue weighted by atomic mass is 79.9. The van der Waals surface area contributed by atoms with Crippen molar-refractivity contribution in [3.05, 3.63) is 27.7 Å². The zero-order valence-electron chi connectivity index (χ0n) is 12.2. The number of anilines is 1. The van der Waals surface area contributed by atoms with E-state index in [1.165, 1.54) is 19.3 Å². The summed E-state index contributed by atoms with van der Waals surface area (Å²) in [4.78, 5) is 0. The second-order valence-corrected chi connectivity index (χ2v) is 8.65. The molecule has 1 saturated carbocycles. The van der Waals surface area contributed by atoms with E-state index in [0.717, 1.165) is 15.2 Å². The van der Waals surface area contributed by atoms with Gasteiger partial charge in [0.05, 0.1) is 5.02 Å². The summed E-state index contributed by atoms with van der Waals surface area (Å²) in [6.07, 6.45) is 3.73. The van der Waals surface area contributed by atoms with E-state index in [9.17, 15) is 0 Å². The van der Waals surface area contributed by atoms with Crippen LogP contribution in [0.2, 0.25) is 5.02 Å². The van der Waals surface area contributed by atoms with Gasteiger partial charge in [-0.25, -0.2) is 0 Å². The summed E-state index contributed by atoms with van der Waals surface area (Å²) >= 11 is 9.52. The molecular weight excluding hydrogens is 322 g/mol. The first kappa shape index (κ1) is 15.2. The molecule has 0 amide bonds. The predicted octanol–water partition coefficient (Wildman–Crippen LogP) is 6.12. The van der Waals surface area contributed by atoms with Gasteiger partial charge < -0.3 is 5.32 Å². The Hall–Kier alpha value is -0.210. The van der Waals surface area contributed by atoms with Crippen LogP contribution in [0.4, 0.5) is 5.69 Å². The van der Waals surface area contributed by atoms with Gasteiger partial charge in [0.15, 0.2) is 0 Å². The highest BCUT2D eigenvalue weighted by Crippen LogP contribution is 2.46. The van der Waals surface area contributed by atoms with Gasteiger partial charge in [-0.05, 0) is 64.2 Å². The number of hydrogen-bond donors (Lipinski definition) is 1. The van der Waals surface area contributed by atoms with Gasteiger partial charge in [0, 0.05) is 16.2 Å². The van der Waals surface area contributed by atoms with Crippen LogP contribution in [0.25, 0.3) is 0 Å². The molecule has 1 aliphatic carbocycles. The zero-order chi connectivity index (χ0) is 14.3. The van der Waals surface area contributed by atoms with Crippen molar-refractivity contribution in [2.75, 3.05) is 5.32 Å². The van der Waals surface area contributed by atoms with Crippen LogP contribution in [-0.4, -0.2) is 6.04 Å². The highest BCUT2D eigenvalue weighted by Gasteiger charge is 2.38. The van der Waals surface area contributed by atoms with Gasteiger partial charge in [0.25, 0.3) is 0 Å². The molecule has 1 N–H and O–H groups in total. The molecule has 0 radical (unpaired) electrons. The molecule has 0 spiro atoms. The lowest BCUT2D eigenvalue weighted by atomic mass is 9.63. The lowest BCUT2D eigenvalue weighted by Gasteiger charge is -2.45. The topological polar surface area (TPSA) is 12.0 Å². The summed E-state index contributed by atoms with van der Waals surface area (Å²) in [5.74, 6) is 0. The smallest absolute Gasteiger partial charge is 0.0549 e. The van der Waals surface area contributed by atoms with Crippen molar-refractivity contribution in [1.82, 2.24) is 0 Å². The summed E-state index contributed by atoms with van der Waals surface area (Å²) in [7, 11) is 0. The van der Waals surface area contributed by atoms with E-state index in [1.54, 1.807) is 0 Å². The van der Waals surface area contributed by atoms with Gasteiger partial charge in [0.1, 0.15) is 0 Å². The van der Waals surface area contributed by atoms with Gasteiger partial charge in [-0.3, -0.25) is 0 Å². The molecule has 0 unspecified atom stereocenters. The first-order valence-electron chi connectivity index (χ1n) is 6.89. The van der Waals surface area contributed by atoms with Crippen molar-refractivity contribution >= 4 is 33.2 Å². The van der Waals surface area contributed by atoms with Crippen molar-refractivity contribution in [3.63, 3.8) is 0 Å². The molecule has 0 saturated heterocycles. The Bertz CT molecular complexity index is 452. The molecule has 106 valence electrons. The van der Waals surface area contributed by atoms with Crippen molar-refractivity contribution < 1.29 is 0 Å². The quantitative estimate of drug-likeness (QED) is 0.681. The Labute approximate surface area is 130 Å². The molecule has 1 aromatic rings. The third-order valence-electron chi connectivity index (χ3n) is 3.85. The molecule has 19 heavy (non-hydrogen) atoms. The van der Waals surface area contributed by atoms with E-state index in [0.29, 0.717) is 16.9 Å². The summed E-state index contributed by atoms with van der Waals surface area (Å²) in [6, 6.07) is 6.60. The maximum Gasteiger partial charge on any atom is 0.0549 e. The highest BCUT2D eigenvalue weighted by molar-refractivity contribution is 9.10. The third-order valence-corrected chi connectivity index (χ3v) is 5.06. The molecule has 0 aromatic heterocycles. The van der Waals surface area contributed by atoms with Crippen LogP contribution >= 0.6 is 27.5 Å². The van der Waals surface area contributed by atoms with Gasteiger partial charge in [-0.2, -0.15) is 0 Å². The number of halogens is 2. The molecule has 0 aliphatic heterocycles. The number of hydrogen-bond acceptors (Lipinski definition) is 1. The lowest BCUT2D eigenvalue weighted by molar-refractivity contribution is 0.105. The maximum absolute atomic E-state index is 6.04. The first-order valence-corrected chi connectivity index (χ1v) is 8.06. The molecule has 2 rings (SSSR count). The van der Waals surface area contributed by atoms with Crippen LogP contribution in [0.1, 0.15) is 47.0 Å². The number of nitrogens with one attached hydrogen (secondary N) is 1. The molecule has 1 aliphatic rings. The molecule has 0 heterocycles. The largest absolute Gasteiger partial charge is 0.382 e. The van der Waals surface area contributed by atoms with E-state index in [1.807, 2.05) is 6.07 Å². The maximum atomic E-state index is 6.04. The number of benzene rings is 1. The van der Waals surface area contributed by atoms with Crippen LogP contribution in [-0.2, 0) is 0 Å². The Morgan fingerprint density at radius 3 is 2.26 bits per heavy atom. The van der Waals surface area contributed by atoms with Crippen molar-refractivity contribution in [1.29, 1.82) is 0 Å². The van der Waals surface area contributed by atoms with Crippen LogP contribution in [0, 0.1) is 10.8 Å². The molecule has 1 aromatic carbocycles. The Morgan fingerprint density at radius 2 is 1.74 bits per heavy atom. The van der Waals surface area contributed by atoms with E-state index >= 15 is 0 Å². The zero-order valence-corrected chi connectivity index (χ0v) is 14.5. The van der Waals surface area contributed by atoms with Gasteiger partial charge in [-0.15, -0.1) is 0 Å². The van der Waals surface area contributed by atoms with Crippen molar-refractivity contribution in [2.24, 2.45) is 10.8 Å². The van der Waals surface area contributed by atoms with Gasteiger partial charge >= 0.3 is 0 Å². The van der Waals surface area contributed by atoms with E-state index in [2.05, 4.69) is 61.1 Å². The average Bonchev–Trinajstić information content (AvgIpc) is 2.18. The monoisotopic (exact) mass is 343 g/mol. The predicted molar refractivity (Wildman–Crippen MR) is 88.0 cm³/mol. The summed E-state index contributed by atoms with van der Waals surface area (Å²) < 4.78 is 0.952. The minimum Gasteiger partial charge on any atom is -0.382 e. The average molecular weight is 345 g/mol. The van der Waals surface area contributed by atoms with E-state index < -0.39 is 0 Å². The van der Waals surface area contributed by atoms with Crippen molar-refractivity contribution in [2.45, 2.75) is 53.0 Å². The normalized spacial score (nSPS) is 22.2. The molecule has 0 atom stereocenters. The summed E-state index contributed by atoms with van der Waals surface area (Å²) in [5.41, 5.74) is 1.96. The Morgan fingerprint density at radius 1 is 1.16 bits per heavy atom. The second-order valence-electron chi connectivity index (χ2n) is 7.38. The summed E-state index contributed by atoms with van der Waals surface area (Å²) in [6.45, 7) is 9.50. The van der Waals surface area contributed by atoms with Crippen LogP contribution < -0.4 is 5.32 Å². The SMILES string of the molecule is CC1(C)CC(Nc2ccc(Cl)c(Br)c2)CC(C)(C)C1. The van der Waals surface area contributed by atoms with Crippen molar-refractivity contribution in [3.8, 4) is 0 Å². The minimum atomic E-state index is 0.406. The molecular formula is C16H23BrClN. The molecule has 1 fully saturated rings. The van der Waals surface area contributed by atoms with Crippen LogP contribution in [0.5, 0.6) is 0 Å². The Balaban J connectivity index is 2.11. The van der Waals surface area contributed by atoms with E-state index in [-0.39, 0.29) is 0 Å². The van der Waals surface area contributed by atoms with Gasteiger partial charge in [-0.1, -0.05) is 39.3 Å². The van der Waals surface area contributed by atoms with Crippen LogP contribution in [0.15, 0.2) is 22.7 Å². The summed E-state index contributed by atoms with van der Waals surface area (Å²) in [5, 5.41) is 4.43. The van der Waals surface area contributed by atoms with Crippen LogP contribution in [0.3, 0.4) is 0 Å². The fourth-order valence-corrected chi connectivity index (χ4v) is 4.27. The second kappa shape index (κ2) is 5.29. The Kier molecular flexibility index (Phi) is 4.23. The molecule has 1 nitrogen and oxygen atoms in total. The number of rotatable bonds is 2. The fourth-order valence-electron chi connectivity index (χ4n) is 3.77. The first-order chi connectivity index (χ1) is 8.67. The standard InChI is InChI=1S/C16H23BrClN/c1-15(2)8-12(9-16(3,4)10-15)19-11-5-6-14(18)13(17)7-11/h5-7,12,19H,8-10H2,1-4H3. The third kappa shape index (κ3) is 4.13. The lowest BCUT2D eigenvalue weighted by Crippen LogP contribution is -2.40. The molecule has 3 heteroatoms. The molecule has 0 bridgehead atoms. The minimum absolute atomic E-state index is 0.406. The fraction of sp³-hybridized carbons (Fsp3) is 0.625. The van der Waals surface area contributed by atoms with Gasteiger partial charge in [0.2, 0.25) is 0 Å². The van der Waals surface area contributed by atoms with E-state index in [4.69, 9.17) is 11.6 Å².